The van der Waals surface area contributed by atoms with Crippen LogP contribution in [0.3, 0.4) is 0 Å². The second-order valence-corrected chi connectivity index (χ2v) is 11.3. The Labute approximate surface area is 164 Å². The van der Waals surface area contributed by atoms with Crippen LogP contribution in [0.2, 0.25) is 0 Å². The highest BCUT2D eigenvalue weighted by Gasteiger charge is 2.42. The molecule has 148 valence electrons. The minimum Gasteiger partial charge on any atom is -0.348 e. The number of nitrogens with one attached hydrogen (secondary N) is 1. The summed E-state index contributed by atoms with van der Waals surface area (Å²) in [5.41, 5.74) is 0. The van der Waals surface area contributed by atoms with E-state index in [2.05, 4.69) is 11.4 Å². The Morgan fingerprint density at radius 1 is 1.26 bits per heavy atom. The van der Waals surface area contributed by atoms with Crippen molar-refractivity contribution in [3.63, 3.8) is 0 Å². The van der Waals surface area contributed by atoms with Crippen LogP contribution in [0.5, 0.6) is 0 Å². The van der Waals surface area contributed by atoms with E-state index in [-0.39, 0.29) is 47.7 Å². The molecule has 3 fully saturated rings. The van der Waals surface area contributed by atoms with Crippen LogP contribution >= 0.6 is 11.3 Å². The molecule has 0 spiro atoms. The van der Waals surface area contributed by atoms with E-state index < -0.39 is 9.84 Å². The predicted octanol–water partition coefficient (Wildman–Crippen LogP) is 2.13. The molecular weight excluding hydrogens is 384 g/mol. The summed E-state index contributed by atoms with van der Waals surface area (Å²) in [6, 6.07) is 3.85. The number of hydrogen-bond donors (Lipinski definition) is 1. The lowest BCUT2D eigenvalue weighted by Crippen LogP contribution is -2.40. The van der Waals surface area contributed by atoms with Gasteiger partial charge in [-0.25, -0.2) is 8.42 Å². The van der Waals surface area contributed by atoms with Crippen molar-refractivity contribution in [1.82, 2.24) is 10.2 Å². The van der Waals surface area contributed by atoms with Crippen LogP contribution in [-0.4, -0.2) is 49.2 Å². The fraction of sp³-hybridized carbons (Fsp3) is 0.684. The number of rotatable bonds is 5. The first-order chi connectivity index (χ1) is 12.9. The van der Waals surface area contributed by atoms with Gasteiger partial charge in [-0.1, -0.05) is 18.9 Å². The molecule has 1 aliphatic carbocycles. The predicted molar refractivity (Wildman–Crippen MR) is 104 cm³/mol. The lowest BCUT2D eigenvalue weighted by atomic mass is 9.95. The highest BCUT2D eigenvalue weighted by Crippen LogP contribution is 2.38. The molecule has 0 aromatic carbocycles. The third kappa shape index (κ3) is 4.06. The van der Waals surface area contributed by atoms with Gasteiger partial charge in [0.15, 0.2) is 9.84 Å². The SMILES string of the molecule is O=C(N[C@H](c1cccs1)C1CCCC1)[C@@H]1CC(=O)N([C@@H]2CCS(=O)(=O)C2)C1. The molecule has 2 aliphatic heterocycles. The highest BCUT2D eigenvalue weighted by molar-refractivity contribution is 7.91. The van der Waals surface area contributed by atoms with Crippen LogP contribution in [0, 0.1) is 11.8 Å². The van der Waals surface area contributed by atoms with Gasteiger partial charge in [-0.15, -0.1) is 11.3 Å². The first-order valence-corrected chi connectivity index (χ1v) is 12.5. The summed E-state index contributed by atoms with van der Waals surface area (Å²) < 4.78 is 23.5. The van der Waals surface area contributed by atoms with E-state index in [0.29, 0.717) is 18.9 Å². The van der Waals surface area contributed by atoms with E-state index in [1.165, 1.54) is 17.7 Å². The minimum absolute atomic E-state index is 0.0241. The number of thiophene rings is 1. The van der Waals surface area contributed by atoms with Crippen LogP contribution in [-0.2, 0) is 19.4 Å². The highest BCUT2D eigenvalue weighted by atomic mass is 32.2. The van der Waals surface area contributed by atoms with Gasteiger partial charge in [-0.2, -0.15) is 0 Å². The largest absolute Gasteiger partial charge is 0.348 e. The summed E-state index contributed by atoms with van der Waals surface area (Å²) >= 11 is 1.66. The van der Waals surface area contributed by atoms with Crippen LogP contribution in [0.15, 0.2) is 17.5 Å². The van der Waals surface area contributed by atoms with Gasteiger partial charge in [0, 0.05) is 23.9 Å². The molecule has 8 heteroatoms. The quantitative estimate of drug-likeness (QED) is 0.806. The Bertz CT molecular complexity index is 800. The maximum atomic E-state index is 12.9. The number of carbonyl (C=O) groups excluding carboxylic acids is 2. The van der Waals surface area contributed by atoms with Crippen molar-refractivity contribution < 1.29 is 18.0 Å². The molecule has 1 saturated carbocycles. The lowest BCUT2D eigenvalue weighted by molar-refractivity contribution is -0.130. The number of carbonyl (C=O) groups is 2. The Morgan fingerprint density at radius 3 is 2.67 bits per heavy atom. The average molecular weight is 411 g/mol. The molecule has 1 aromatic heterocycles. The summed E-state index contributed by atoms with van der Waals surface area (Å²) in [4.78, 5) is 28.2. The minimum atomic E-state index is -3.05. The van der Waals surface area contributed by atoms with E-state index in [4.69, 9.17) is 0 Å². The normalized spacial score (nSPS) is 29.3. The van der Waals surface area contributed by atoms with Crippen molar-refractivity contribution in [3.05, 3.63) is 22.4 Å². The zero-order valence-corrected chi connectivity index (χ0v) is 16.9. The molecular formula is C19H26N2O4S2. The van der Waals surface area contributed by atoms with Gasteiger partial charge in [-0.05, 0) is 36.6 Å². The summed E-state index contributed by atoms with van der Waals surface area (Å²) in [5, 5.41) is 5.26. The van der Waals surface area contributed by atoms with Gasteiger partial charge in [0.1, 0.15) is 0 Å². The van der Waals surface area contributed by atoms with Crippen LogP contribution < -0.4 is 5.32 Å². The maximum absolute atomic E-state index is 12.9. The van der Waals surface area contributed by atoms with Gasteiger partial charge >= 0.3 is 0 Å². The molecule has 1 N–H and O–H groups in total. The Hall–Kier alpha value is -1.41. The van der Waals surface area contributed by atoms with Crippen molar-refractivity contribution in [1.29, 1.82) is 0 Å². The van der Waals surface area contributed by atoms with Crippen LogP contribution in [0.25, 0.3) is 0 Å². The smallest absolute Gasteiger partial charge is 0.225 e. The van der Waals surface area contributed by atoms with Gasteiger partial charge in [0.25, 0.3) is 0 Å². The molecule has 2 saturated heterocycles. The zero-order chi connectivity index (χ0) is 19.0. The monoisotopic (exact) mass is 410 g/mol. The molecule has 3 atom stereocenters. The van der Waals surface area contributed by atoms with Crippen LogP contribution in [0.1, 0.15) is 49.4 Å². The number of sulfone groups is 1. The molecule has 6 nitrogen and oxygen atoms in total. The fourth-order valence-corrected chi connectivity index (χ4v) is 7.33. The zero-order valence-electron chi connectivity index (χ0n) is 15.3. The standard InChI is InChI=1S/C19H26N2O4S2/c22-17-10-14(11-21(17)15-7-9-27(24,25)12-15)19(23)20-18(13-4-1-2-5-13)16-6-3-8-26-16/h3,6,8,13-15,18H,1-2,4-5,7,9-12H2,(H,20,23)/t14-,15-,18+/m1/s1. The Kier molecular flexibility index (Phi) is 5.29. The fourth-order valence-electron chi connectivity index (χ4n) is 4.73. The summed E-state index contributed by atoms with van der Waals surface area (Å²) in [7, 11) is -3.05. The van der Waals surface area contributed by atoms with Gasteiger partial charge in [0.05, 0.1) is 23.5 Å². The molecule has 3 heterocycles. The maximum Gasteiger partial charge on any atom is 0.225 e. The average Bonchev–Trinajstić information content (AvgIpc) is 3.40. The van der Waals surface area contributed by atoms with E-state index in [0.717, 1.165) is 12.8 Å². The third-order valence-electron chi connectivity index (χ3n) is 6.20. The summed E-state index contributed by atoms with van der Waals surface area (Å²) in [5.74, 6) is 0.0844. The van der Waals surface area contributed by atoms with Crippen molar-refractivity contribution >= 4 is 33.0 Å². The van der Waals surface area contributed by atoms with Gasteiger partial charge < -0.3 is 10.2 Å². The van der Waals surface area contributed by atoms with Crippen LogP contribution in [0.4, 0.5) is 0 Å². The molecule has 27 heavy (non-hydrogen) atoms. The summed E-state index contributed by atoms with van der Waals surface area (Å²) in [6.07, 6.45) is 5.33. The van der Waals surface area contributed by atoms with E-state index >= 15 is 0 Å². The third-order valence-corrected chi connectivity index (χ3v) is 8.90. The van der Waals surface area contributed by atoms with Crippen molar-refractivity contribution in [2.24, 2.45) is 11.8 Å². The summed E-state index contributed by atoms with van der Waals surface area (Å²) in [6.45, 7) is 0.340. The first kappa shape index (κ1) is 18.9. The molecule has 2 amide bonds. The Balaban J connectivity index is 1.42. The molecule has 1 aromatic rings. The number of nitrogens with zero attached hydrogens (tertiary/aromatic N) is 1. The second-order valence-electron chi connectivity index (χ2n) is 8.05. The molecule has 0 radical (unpaired) electrons. The van der Waals surface area contributed by atoms with E-state index in [1.54, 1.807) is 16.2 Å². The van der Waals surface area contributed by atoms with E-state index in [9.17, 15) is 18.0 Å². The number of likely N-dealkylation sites (tertiary alicyclic amines) is 1. The first-order valence-electron chi connectivity index (χ1n) is 9.76. The molecule has 0 unspecified atom stereocenters. The lowest BCUT2D eigenvalue weighted by Gasteiger charge is -2.26. The van der Waals surface area contributed by atoms with Gasteiger partial charge in [-0.3, -0.25) is 9.59 Å². The Morgan fingerprint density at radius 2 is 2.04 bits per heavy atom. The second kappa shape index (κ2) is 7.54. The molecule has 3 aliphatic rings. The van der Waals surface area contributed by atoms with Crippen molar-refractivity contribution in [3.8, 4) is 0 Å². The number of amides is 2. The molecule has 0 bridgehead atoms. The van der Waals surface area contributed by atoms with Crippen molar-refractivity contribution in [2.45, 2.75) is 50.6 Å². The topological polar surface area (TPSA) is 83.6 Å². The number of hydrogen-bond acceptors (Lipinski definition) is 5. The van der Waals surface area contributed by atoms with Crippen molar-refractivity contribution in [2.75, 3.05) is 18.1 Å². The van der Waals surface area contributed by atoms with Gasteiger partial charge in [0.2, 0.25) is 11.8 Å². The van der Waals surface area contributed by atoms with E-state index in [1.807, 2.05) is 11.4 Å². The molecule has 4 rings (SSSR count).